The van der Waals surface area contributed by atoms with Crippen LogP contribution in [0.1, 0.15) is 41.5 Å². The first kappa shape index (κ1) is 50.0. The number of hydrogen-bond donors (Lipinski definition) is 3. The summed E-state index contributed by atoms with van der Waals surface area (Å²) >= 11 is 6.79. The standard InChI is InChI=1S/C24H27BrN6O6S.C18H17BrN6O4S/c1-24(2,3)23(33)37-15-31-28-21(27-29-31)19-14-17(25)7-8-20(19)26-22(32)16-5-4-6-18(13-16)38(34,35)30-9-11-36-12-10-30;19-13-4-5-16(15(11-13)17-21-23-24-22-17)20-18(26)12-2-1-3-14(10-12)30(27,28)25-6-8-29-9-7-25/h4-8,13-14H,9-12,15H2,1-3H3,(H,26,32);1-5,10-11H,6-9H2,(H,20,26)(H,21,22,23,24). The number of morpholine rings is 2. The average Bonchev–Trinajstić information content (AvgIpc) is 4.06. The zero-order chi connectivity index (χ0) is 48.6. The lowest BCUT2D eigenvalue weighted by Gasteiger charge is -2.26. The highest BCUT2D eigenvalue weighted by Gasteiger charge is 2.29. The van der Waals surface area contributed by atoms with E-state index in [2.05, 4.69) is 78.5 Å². The van der Waals surface area contributed by atoms with Crippen LogP contribution in [0.2, 0.25) is 0 Å². The van der Waals surface area contributed by atoms with Crippen molar-refractivity contribution in [3.8, 4) is 22.8 Å². The third kappa shape index (κ3) is 12.2. The lowest BCUT2D eigenvalue weighted by molar-refractivity contribution is -0.157. The van der Waals surface area contributed by atoms with Gasteiger partial charge in [-0.2, -0.15) is 13.8 Å². The highest BCUT2D eigenvalue weighted by molar-refractivity contribution is 9.10. The van der Waals surface area contributed by atoms with Gasteiger partial charge in [0, 0.05) is 57.4 Å². The molecule has 2 fully saturated rings. The SMILES string of the molecule is CC(C)(C)C(=O)OCn1nnc(-c2cc(Br)ccc2NC(=O)c2cccc(S(=O)(=O)N3CCOCC3)c2)n1.O=C(Nc1ccc(Br)cc1-c1nn[nH]n1)c1cccc(S(=O)(=O)N2CCOCC2)c1. The van der Waals surface area contributed by atoms with Crippen molar-refractivity contribution in [3.05, 3.63) is 105 Å². The van der Waals surface area contributed by atoms with E-state index in [-0.39, 0.29) is 59.7 Å². The lowest BCUT2D eigenvalue weighted by Crippen LogP contribution is -2.40. The molecule has 0 spiro atoms. The quantitative estimate of drug-likeness (QED) is 0.139. The van der Waals surface area contributed by atoms with Crippen molar-refractivity contribution in [2.24, 2.45) is 5.41 Å². The maximum absolute atomic E-state index is 13.1. The maximum Gasteiger partial charge on any atom is 0.313 e. The smallest absolute Gasteiger partial charge is 0.313 e. The lowest BCUT2D eigenvalue weighted by atomic mass is 9.98. The molecule has 0 saturated carbocycles. The predicted octanol–water partition coefficient (Wildman–Crippen LogP) is 4.83. The summed E-state index contributed by atoms with van der Waals surface area (Å²) in [5, 5.41) is 31.6. The summed E-state index contributed by atoms with van der Waals surface area (Å²) in [7, 11) is -7.47. The third-order valence-corrected chi connectivity index (χ3v) is 14.8. The van der Waals surface area contributed by atoms with Crippen LogP contribution < -0.4 is 10.6 Å². The van der Waals surface area contributed by atoms with E-state index >= 15 is 0 Å². The number of carbonyl (C=O) groups is 3. The van der Waals surface area contributed by atoms with Gasteiger partial charge in [-0.3, -0.25) is 14.4 Å². The number of tetrazole rings is 2. The number of aromatic nitrogens is 8. The number of anilines is 2. The van der Waals surface area contributed by atoms with Gasteiger partial charge in [0.05, 0.1) is 53.0 Å². The zero-order valence-electron chi connectivity index (χ0n) is 36.6. The minimum atomic E-state index is -3.77. The molecule has 22 nitrogen and oxygen atoms in total. The molecule has 2 amide bonds. The molecule has 68 heavy (non-hydrogen) atoms. The summed E-state index contributed by atoms with van der Waals surface area (Å²) in [5.41, 5.74) is 1.56. The fourth-order valence-corrected chi connectivity index (χ4v) is 10.1. The van der Waals surface area contributed by atoms with Gasteiger partial charge in [-0.25, -0.2) is 16.8 Å². The highest BCUT2D eigenvalue weighted by Crippen LogP contribution is 2.31. The summed E-state index contributed by atoms with van der Waals surface area (Å²) in [6.07, 6.45) is 0. The van der Waals surface area contributed by atoms with Crippen molar-refractivity contribution in [2.45, 2.75) is 37.3 Å². The molecule has 358 valence electrons. The van der Waals surface area contributed by atoms with E-state index in [9.17, 15) is 31.2 Å². The molecule has 0 unspecified atom stereocenters. The van der Waals surface area contributed by atoms with Crippen molar-refractivity contribution in [1.29, 1.82) is 0 Å². The Morgan fingerprint density at radius 1 is 0.691 bits per heavy atom. The Morgan fingerprint density at radius 3 is 1.63 bits per heavy atom. The Morgan fingerprint density at radius 2 is 1.18 bits per heavy atom. The van der Waals surface area contributed by atoms with Gasteiger partial charge in [0.15, 0.2) is 0 Å². The van der Waals surface area contributed by atoms with Gasteiger partial charge in [-0.15, -0.1) is 25.2 Å². The number of halogens is 2. The first-order chi connectivity index (χ1) is 32.4. The summed E-state index contributed by atoms with van der Waals surface area (Å²) in [6.45, 7) is 7.41. The molecule has 26 heteroatoms. The Balaban J connectivity index is 0.000000207. The zero-order valence-corrected chi connectivity index (χ0v) is 41.4. The Hall–Kier alpha value is -5.87. The van der Waals surface area contributed by atoms with Crippen molar-refractivity contribution < 1.29 is 45.4 Å². The van der Waals surface area contributed by atoms with Crippen LogP contribution in [0.5, 0.6) is 0 Å². The molecule has 8 rings (SSSR count). The van der Waals surface area contributed by atoms with Crippen molar-refractivity contribution in [1.82, 2.24) is 49.4 Å². The molecule has 0 bridgehead atoms. The molecule has 0 radical (unpaired) electrons. The largest absolute Gasteiger partial charge is 0.440 e. The predicted molar refractivity (Wildman–Crippen MR) is 252 cm³/mol. The summed E-state index contributed by atoms with van der Waals surface area (Å²) in [6, 6.07) is 22.1. The van der Waals surface area contributed by atoms with Gasteiger partial charge in [0.2, 0.25) is 38.4 Å². The number of ether oxygens (including phenoxy) is 3. The third-order valence-electron chi connectivity index (χ3n) is 10.1. The molecule has 2 aliphatic heterocycles. The normalized spacial score (nSPS) is 14.9. The van der Waals surface area contributed by atoms with Crippen LogP contribution in [0, 0.1) is 5.41 Å². The number of benzene rings is 4. The average molecular weight is 1100 g/mol. The fraction of sp³-hybridized carbons (Fsp3) is 0.310. The fourth-order valence-electron chi connectivity index (χ4n) is 6.49. The Kier molecular flexibility index (Phi) is 15.9. The molecule has 0 aliphatic carbocycles. The van der Waals surface area contributed by atoms with E-state index in [1.165, 1.54) is 45.0 Å². The number of rotatable bonds is 12. The summed E-state index contributed by atoms with van der Waals surface area (Å²) in [4.78, 5) is 39.3. The molecule has 2 aromatic heterocycles. The molecule has 4 aromatic carbocycles. The van der Waals surface area contributed by atoms with Gasteiger partial charge >= 0.3 is 5.97 Å². The second-order valence-electron chi connectivity index (χ2n) is 15.9. The van der Waals surface area contributed by atoms with Crippen LogP contribution >= 0.6 is 31.9 Å². The number of esters is 1. The second kappa shape index (κ2) is 21.6. The van der Waals surface area contributed by atoms with E-state index in [0.29, 0.717) is 59.2 Å². The number of amides is 2. The van der Waals surface area contributed by atoms with Gasteiger partial charge in [-0.05, 0) is 104 Å². The number of carbonyl (C=O) groups excluding carboxylic acids is 3. The summed E-state index contributed by atoms with van der Waals surface area (Å²) < 4.78 is 71.7. The van der Waals surface area contributed by atoms with E-state index in [0.717, 1.165) is 9.27 Å². The minimum Gasteiger partial charge on any atom is -0.440 e. The number of nitrogens with zero attached hydrogens (tertiary/aromatic N) is 9. The van der Waals surface area contributed by atoms with Crippen LogP contribution in [0.3, 0.4) is 0 Å². The highest BCUT2D eigenvalue weighted by atomic mass is 79.9. The first-order valence-electron chi connectivity index (χ1n) is 20.7. The van der Waals surface area contributed by atoms with Crippen LogP contribution in [-0.4, -0.2) is 137 Å². The number of sulfonamides is 2. The summed E-state index contributed by atoms with van der Waals surface area (Å²) in [5.74, 6) is -0.878. The van der Waals surface area contributed by atoms with Gasteiger partial charge in [0.1, 0.15) is 0 Å². The number of aromatic amines is 1. The van der Waals surface area contributed by atoms with Crippen LogP contribution in [0.4, 0.5) is 11.4 Å². The second-order valence-corrected chi connectivity index (χ2v) is 21.6. The molecule has 2 aliphatic rings. The van der Waals surface area contributed by atoms with Gasteiger partial charge in [-0.1, -0.05) is 44.0 Å². The van der Waals surface area contributed by atoms with Crippen molar-refractivity contribution >= 4 is 81.1 Å². The van der Waals surface area contributed by atoms with Crippen molar-refractivity contribution in [2.75, 3.05) is 63.2 Å². The maximum atomic E-state index is 13.1. The van der Waals surface area contributed by atoms with E-state index in [1.54, 1.807) is 69.3 Å². The Labute approximate surface area is 407 Å². The van der Waals surface area contributed by atoms with E-state index in [1.807, 2.05) is 0 Å². The number of hydrogen-bond acceptors (Lipinski definition) is 16. The molecule has 0 atom stereocenters. The first-order valence-corrected chi connectivity index (χ1v) is 25.1. The van der Waals surface area contributed by atoms with E-state index in [4.69, 9.17) is 14.2 Å². The van der Waals surface area contributed by atoms with Crippen molar-refractivity contribution in [3.63, 3.8) is 0 Å². The Bertz CT molecular complexity index is 3010. The minimum absolute atomic E-state index is 0.0255. The molecule has 2 saturated heterocycles. The van der Waals surface area contributed by atoms with Crippen LogP contribution in [0.25, 0.3) is 22.8 Å². The molecule has 6 aromatic rings. The molecular formula is C42H44Br2N12O10S2. The van der Waals surface area contributed by atoms with Gasteiger partial charge < -0.3 is 24.8 Å². The topological polar surface area (TPSA) is 276 Å². The number of H-pyrrole nitrogens is 1. The van der Waals surface area contributed by atoms with Crippen LogP contribution in [-0.2, 0) is 45.8 Å². The monoisotopic (exact) mass is 1100 g/mol. The molecule has 3 N–H and O–H groups in total. The van der Waals surface area contributed by atoms with Crippen LogP contribution in [0.15, 0.2) is 104 Å². The van der Waals surface area contributed by atoms with E-state index < -0.39 is 43.2 Å². The van der Waals surface area contributed by atoms with Gasteiger partial charge in [0.25, 0.3) is 11.8 Å². The molecular weight excluding hydrogens is 1060 g/mol. The number of nitrogens with one attached hydrogen (secondary N) is 3. The molecule has 4 heterocycles.